The van der Waals surface area contributed by atoms with E-state index in [0.29, 0.717) is 16.3 Å². The van der Waals surface area contributed by atoms with E-state index in [2.05, 4.69) is 15.5 Å². The molecule has 1 amide bonds. The molecule has 5 aromatic rings. The van der Waals surface area contributed by atoms with Gasteiger partial charge >= 0.3 is 0 Å². The van der Waals surface area contributed by atoms with Crippen molar-refractivity contribution in [3.8, 4) is 11.3 Å². The number of aromatic nitrogens is 2. The number of amides is 1. The Hall–Kier alpha value is -3.96. The van der Waals surface area contributed by atoms with E-state index in [9.17, 15) is 4.79 Å². The number of hydrogen-bond donors (Lipinski definition) is 2. The predicted octanol–water partition coefficient (Wildman–Crippen LogP) is 5.80. The highest BCUT2D eigenvalue weighted by atomic mass is 35.5. The first-order valence-corrected chi connectivity index (χ1v) is 10.1. The highest BCUT2D eigenvalue weighted by Gasteiger charge is 2.14. The Bertz CT molecular complexity index is 1450. The molecule has 0 aliphatic rings. The number of rotatable bonds is 4. The van der Waals surface area contributed by atoms with E-state index in [1.165, 1.54) is 0 Å². The van der Waals surface area contributed by atoms with Gasteiger partial charge in [-0.05, 0) is 30.3 Å². The van der Waals surface area contributed by atoms with Gasteiger partial charge < -0.3 is 4.98 Å². The molecule has 0 bridgehead atoms. The van der Waals surface area contributed by atoms with Gasteiger partial charge in [0.2, 0.25) is 0 Å². The molecule has 3 aromatic carbocycles. The lowest BCUT2D eigenvalue weighted by molar-refractivity contribution is 0.0956. The van der Waals surface area contributed by atoms with Crippen molar-refractivity contribution < 1.29 is 4.79 Å². The molecule has 0 spiro atoms. The number of nitrogens with one attached hydrogen (secondary N) is 2. The summed E-state index contributed by atoms with van der Waals surface area (Å²) >= 11 is 6.15. The van der Waals surface area contributed by atoms with Crippen LogP contribution >= 0.6 is 11.6 Å². The van der Waals surface area contributed by atoms with Crippen LogP contribution in [0.2, 0.25) is 5.02 Å². The number of nitrogens with zero attached hydrogens (tertiary/aromatic N) is 2. The van der Waals surface area contributed by atoms with Gasteiger partial charge in [0.05, 0.1) is 23.0 Å². The largest absolute Gasteiger partial charge is 0.361 e. The summed E-state index contributed by atoms with van der Waals surface area (Å²) in [7, 11) is 0. The number of carbonyl (C=O) groups excluding carboxylic acids is 1. The second-order valence-corrected chi connectivity index (χ2v) is 7.51. The summed E-state index contributed by atoms with van der Waals surface area (Å²) in [4.78, 5) is 20.9. The number of hydrazone groups is 1. The molecule has 0 fully saturated rings. The molecule has 0 aliphatic carbocycles. The fourth-order valence-electron chi connectivity index (χ4n) is 3.58. The van der Waals surface area contributed by atoms with Crippen LogP contribution in [0.15, 0.2) is 90.2 Å². The number of pyridine rings is 1. The van der Waals surface area contributed by atoms with Gasteiger partial charge in [0.25, 0.3) is 5.91 Å². The minimum atomic E-state index is -0.307. The monoisotopic (exact) mass is 424 g/mol. The van der Waals surface area contributed by atoms with Gasteiger partial charge in [0.1, 0.15) is 0 Å². The molecule has 0 saturated heterocycles. The summed E-state index contributed by atoms with van der Waals surface area (Å²) < 4.78 is 0. The van der Waals surface area contributed by atoms with Gasteiger partial charge in [0.15, 0.2) is 0 Å². The van der Waals surface area contributed by atoms with Crippen molar-refractivity contribution in [2.24, 2.45) is 5.10 Å². The van der Waals surface area contributed by atoms with Crippen LogP contribution in [-0.2, 0) is 0 Å². The molecule has 2 aromatic heterocycles. The number of carbonyl (C=O) groups is 1. The van der Waals surface area contributed by atoms with Gasteiger partial charge in [-0.25, -0.2) is 10.4 Å². The normalized spacial score (nSPS) is 11.4. The van der Waals surface area contributed by atoms with Crippen LogP contribution in [-0.4, -0.2) is 22.1 Å². The van der Waals surface area contributed by atoms with Gasteiger partial charge in [0, 0.05) is 38.6 Å². The summed E-state index contributed by atoms with van der Waals surface area (Å²) in [6.07, 6.45) is 3.50. The standard InChI is InChI=1S/C25H17ClN4O/c26-18-7-5-6-16(12-18)24-13-21(20-9-2-4-11-23(20)29-24)25(31)30-28-15-17-14-27-22-10-3-1-8-19(17)22/h1-15,27H,(H,30,31)/b28-15+. The first-order valence-electron chi connectivity index (χ1n) is 9.74. The fraction of sp³-hybridized carbons (Fsp3) is 0. The molecule has 0 unspecified atom stereocenters. The topological polar surface area (TPSA) is 70.1 Å². The third-order valence-electron chi connectivity index (χ3n) is 5.07. The molecule has 0 aliphatic heterocycles. The number of halogens is 1. The Kier molecular flexibility index (Phi) is 4.94. The van der Waals surface area contributed by atoms with E-state index in [4.69, 9.17) is 16.6 Å². The van der Waals surface area contributed by atoms with Gasteiger partial charge in [-0.3, -0.25) is 4.79 Å². The molecule has 5 nitrogen and oxygen atoms in total. The Labute approximate surface area is 183 Å². The quantitative estimate of drug-likeness (QED) is 0.282. The Morgan fingerprint density at radius 3 is 2.65 bits per heavy atom. The second kappa shape index (κ2) is 8.05. The SMILES string of the molecule is O=C(N/N=C/c1c[nH]c2ccccc12)c1cc(-c2cccc(Cl)c2)nc2ccccc12. The average Bonchev–Trinajstić information content (AvgIpc) is 3.21. The minimum absolute atomic E-state index is 0.307. The summed E-state index contributed by atoms with van der Waals surface area (Å²) in [5.41, 5.74) is 7.30. The highest BCUT2D eigenvalue weighted by molar-refractivity contribution is 6.30. The van der Waals surface area contributed by atoms with E-state index in [0.717, 1.165) is 32.9 Å². The Morgan fingerprint density at radius 2 is 1.77 bits per heavy atom. The van der Waals surface area contributed by atoms with Crippen LogP contribution in [0.3, 0.4) is 0 Å². The summed E-state index contributed by atoms with van der Waals surface area (Å²) in [5.74, 6) is -0.307. The lowest BCUT2D eigenvalue weighted by Crippen LogP contribution is -2.18. The molecule has 5 rings (SSSR count). The van der Waals surface area contributed by atoms with Gasteiger partial charge in [-0.15, -0.1) is 0 Å². The maximum atomic E-state index is 13.0. The summed E-state index contributed by atoms with van der Waals surface area (Å²) in [5, 5.41) is 6.59. The van der Waals surface area contributed by atoms with Crippen molar-refractivity contribution in [1.29, 1.82) is 0 Å². The zero-order chi connectivity index (χ0) is 21.2. The number of H-pyrrole nitrogens is 1. The zero-order valence-electron chi connectivity index (χ0n) is 16.3. The van der Waals surface area contributed by atoms with Crippen molar-refractivity contribution in [2.75, 3.05) is 0 Å². The maximum absolute atomic E-state index is 13.0. The third kappa shape index (κ3) is 3.79. The van der Waals surface area contributed by atoms with E-state index in [1.807, 2.05) is 72.9 Å². The van der Waals surface area contributed by atoms with Crippen molar-refractivity contribution >= 4 is 45.5 Å². The molecule has 31 heavy (non-hydrogen) atoms. The van der Waals surface area contributed by atoms with E-state index >= 15 is 0 Å². The van der Waals surface area contributed by atoms with Crippen LogP contribution in [0.5, 0.6) is 0 Å². The van der Waals surface area contributed by atoms with Crippen LogP contribution in [0.25, 0.3) is 33.1 Å². The van der Waals surface area contributed by atoms with Crippen molar-refractivity contribution in [1.82, 2.24) is 15.4 Å². The first-order chi connectivity index (χ1) is 15.2. The molecule has 0 saturated carbocycles. The molecule has 2 N–H and O–H groups in total. The Morgan fingerprint density at radius 1 is 0.968 bits per heavy atom. The molecule has 0 atom stereocenters. The lowest BCUT2D eigenvalue weighted by atomic mass is 10.0. The highest BCUT2D eigenvalue weighted by Crippen LogP contribution is 2.26. The lowest BCUT2D eigenvalue weighted by Gasteiger charge is -2.09. The van der Waals surface area contributed by atoms with Crippen molar-refractivity contribution in [3.63, 3.8) is 0 Å². The maximum Gasteiger partial charge on any atom is 0.272 e. The van der Waals surface area contributed by atoms with Crippen LogP contribution in [0, 0.1) is 0 Å². The minimum Gasteiger partial charge on any atom is -0.361 e. The van der Waals surface area contributed by atoms with Gasteiger partial charge in [-0.2, -0.15) is 5.10 Å². The summed E-state index contributed by atoms with van der Waals surface area (Å²) in [6.45, 7) is 0. The van der Waals surface area contributed by atoms with Crippen LogP contribution in [0.1, 0.15) is 15.9 Å². The number of para-hydroxylation sites is 2. The average molecular weight is 425 g/mol. The summed E-state index contributed by atoms with van der Waals surface area (Å²) in [6, 6.07) is 24.6. The first kappa shape index (κ1) is 19.0. The van der Waals surface area contributed by atoms with Crippen molar-refractivity contribution in [3.05, 3.63) is 101 Å². The number of fused-ring (bicyclic) bond motifs is 2. The molecule has 150 valence electrons. The number of benzene rings is 3. The fourth-order valence-corrected chi connectivity index (χ4v) is 3.77. The van der Waals surface area contributed by atoms with E-state index < -0.39 is 0 Å². The predicted molar refractivity (Wildman–Crippen MR) is 126 cm³/mol. The van der Waals surface area contributed by atoms with Crippen LogP contribution < -0.4 is 5.43 Å². The molecule has 6 heteroatoms. The molecular weight excluding hydrogens is 408 g/mol. The van der Waals surface area contributed by atoms with E-state index in [-0.39, 0.29) is 5.91 Å². The zero-order valence-corrected chi connectivity index (χ0v) is 17.1. The molecule has 0 radical (unpaired) electrons. The number of hydrogen-bond acceptors (Lipinski definition) is 3. The third-order valence-corrected chi connectivity index (χ3v) is 5.31. The van der Waals surface area contributed by atoms with E-state index in [1.54, 1.807) is 18.3 Å². The number of aromatic amines is 1. The van der Waals surface area contributed by atoms with Gasteiger partial charge in [-0.1, -0.05) is 60.1 Å². The second-order valence-electron chi connectivity index (χ2n) is 7.07. The molecule has 2 heterocycles. The molecular formula is C25H17ClN4O. The van der Waals surface area contributed by atoms with Crippen molar-refractivity contribution in [2.45, 2.75) is 0 Å². The Balaban J connectivity index is 1.49. The smallest absolute Gasteiger partial charge is 0.272 e. The van der Waals surface area contributed by atoms with Crippen LogP contribution in [0.4, 0.5) is 0 Å².